The van der Waals surface area contributed by atoms with E-state index in [0.29, 0.717) is 0 Å². The van der Waals surface area contributed by atoms with Gasteiger partial charge in [-0.3, -0.25) is 4.79 Å². The predicted molar refractivity (Wildman–Crippen MR) is 82.3 cm³/mol. The smallest absolute Gasteiger partial charge is 0.302 e. The first-order valence-corrected chi connectivity index (χ1v) is 8.37. The van der Waals surface area contributed by atoms with E-state index in [1.807, 2.05) is 0 Å². The third-order valence-corrected chi connectivity index (χ3v) is 3.57. The van der Waals surface area contributed by atoms with Gasteiger partial charge in [-0.1, -0.05) is 71.6 Å². The van der Waals surface area contributed by atoms with Gasteiger partial charge in [-0.05, 0) is 19.3 Å². The predicted octanol–water partition coefficient (Wildman–Crippen LogP) is 5.64. The Morgan fingerprint density at radius 2 is 1.32 bits per heavy atom. The van der Waals surface area contributed by atoms with Crippen molar-refractivity contribution in [1.29, 1.82) is 0 Å². The topological polar surface area (TPSA) is 26.3 Å². The van der Waals surface area contributed by atoms with Crippen molar-refractivity contribution in [2.24, 2.45) is 0 Å². The Bertz CT molecular complexity index is 201. The summed E-state index contributed by atoms with van der Waals surface area (Å²) in [6.45, 7) is 5.92. The standard InChI is InChI=1S/C17H34O2/c1-4-6-7-8-9-10-11-12-13-15-17(14-5-2)19-16(3)18/h17H,4-15H2,1-3H3/t17-/m0/s1. The Hall–Kier alpha value is -0.530. The molecule has 0 radical (unpaired) electrons. The molecular weight excluding hydrogens is 236 g/mol. The molecule has 0 aliphatic rings. The molecule has 0 unspecified atom stereocenters. The molecule has 1 atom stereocenters. The first-order valence-electron chi connectivity index (χ1n) is 8.37. The van der Waals surface area contributed by atoms with Crippen LogP contribution < -0.4 is 0 Å². The van der Waals surface area contributed by atoms with Gasteiger partial charge in [-0.25, -0.2) is 0 Å². The average molecular weight is 270 g/mol. The number of rotatable bonds is 13. The van der Waals surface area contributed by atoms with E-state index in [1.165, 1.54) is 64.7 Å². The van der Waals surface area contributed by atoms with Gasteiger partial charge >= 0.3 is 5.97 Å². The highest BCUT2D eigenvalue weighted by Gasteiger charge is 2.10. The van der Waals surface area contributed by atoms with Crippen LogP contribution in [0.2, 0.25) is 0 Å². The minimum absolute atomic E-state index is 0.130. The van der Waals surface area contributed by atoms with E-state index in [0.717, 1.165) is 19.3 Å². The Kier molecular flexibility index (Phi) is 13.5. The lowest BCUT2D eigenvalue weighted by molar-refractivity contribution is -0.147. The van der Waals surface area contributed by atoms with Crippen LogP contribution in [0.5, 0.6) is 0 Å². The molecule has 0 aromatic rings. The van der Waals surface area contributed by atoms with Crippen molar-refractivity contribution >= 4 is 5.97 Å². The fourth-order valence-electron chi connectivity index (χ4n) is 2.50. The maximum Gasteiger partial charge on any atom is 0.302 e. The Morgan fingerprint density at radius 1 is 0.789 bits per heavy atom. The van der Waals surface area contributed by atoms with Gasteiger partial charge in [-0.15, -0.1) is 0 Å². The molecule has 19 heavy (non-hydrogen) atoms. The molecule has 0 aliphatic heterocycles. The lowest BCUT2D eigenvalue weighted by atomic mass is 10.0. The first-order chi connectivity index (χ1) is 9.20. The summed E-state index contributed by atoms with van der Waals surface area (Å²) in [5, 5.41) is 0. The molecule has 0 aromatic heterocycles. The third-order valence-electron chi connectivity index (χ3n) is 3.57. The second kappa shape index (κ2) is 13.9. The molecule has 0 amide bonds. The summed E-state index contributed by atoms with van der Waals surface area (Å²) in [4.78, 5) is 11.0. The van der Waals surface area contributed by atoms with Crippen LogP contribution in [0.15, 0.2) is 0 Å². The van der Waals surface area contributed by atoms with Gasteiger partial charge in [0, 0.05) is 6.92 Å². The van der Waals surface area contributed by atoms with Gasteiger partial charge in [0.25, 0.3) is 0 Å². The van der Waals surface area contributed by atoms with Crippen molar-refractivity contribution in [1.82, 2.24) is 0 Å². The SMILES string of the molecule is CCCCCCCCCCC[C@H](CCC)OC(C)=O. The fraction of sp³-hybridized carbons (Fsp3) is 0.941. The summed E-state index contributed by atoms with van der Waals surface area (Å²) >= 11 is 0. The van der Waals surface area contributed by atoms with Crippen molar-refractivity contribution in [3.05, 3.63) is 0 Å². The van der Waals surface area contributed by atoms with E-state index in [4.69, 9.17) is 4.74 Å². The molecule has 0 heterocycles. The lowest BCUT2D eigenvalue weighted by Crippen LogP contribution is -2.15. The number of carbonyl (C=O) groups is 1. The normalized spacial score (nSPS) is 12.4. The zero-order valence-electron chi connectivity index (χ0n) is 13.4. The summed E-state index contributed by atoms with van der Waals surface area (Å²) < 4.78 is 5.32. The third kappa shape index (κ3) is 13.7. The molecule has 0 saturated heterocycles. The van der Waals surface area contributed by atoms with Gasteiger partial charge in [-0.2, -0.15) is 0 Å². The van der Waals surface area contributed by atoms with E-state index in [1.54, 1.807) is 0 Å². The summed E-state index contributed by atoms with van der Waals surface area (Å²) in [5.74, 6) is -0.130. The summed E-state index contributed by atoms with van der Waals surface area (Å²) in [7, 11) is 0. The highest BCUT2D eigenvalue weighted by molar-refractivity contribution is 5.66. The van der Waals surface area contributed by atoms with Gasteiger partial charge < -0.3 is 4.74 Å². The van der Waals surface area contributed by atoms with Gasteiger partial charge in [0.1, 0.15) is 6.10 Å². The highest BCUT2D eigenvalue weighted by atomic mass is 16.5. The molecule has 0 bridgehead atoms. The van der Waals surface area contributed by atoms with Crippen molar-refractivity contribution in [3.8, 4) is 0 Å². The van der Waals surface area contributed by atoms with E-state index in [9.17, 15) is 4.79 Å². The van der Waals surface area contributed by atoms with E-state index in [2.05, 4.69) is 13.8 Å². The molecule has 2 heteroatoms. The first kappa shape index (κ1) is 18.5. The van der Waals surface area contributed by atoms with E-state index < -0.39 is 0 Å². The minimum atomic E-state index is -0.130. The molecule has 2 nitrogen and oxygen atoms in total. The van der Waals surface area contributed by atoms with Crippen molar-refractivity contribution in [3.63, 3.8) is 0 Å². The second-order valence-electron chi connectivity index (χ2n) is 5.64. The number of hydrogen-bond donors (Lipinski definition) is 0. The molecule has 0 aromatic carbocycles. The minimum Gasteiger partial charge on any atom is -0.463 e. The largest absolute Gasteiger partial charge is 0.463 e. The number of carbonyl (C=O) groups excluding carboxylic acids is 1. The van der Waals surface area contributed by atoms with Crippen LogP contribution in [0.4, 0.5) is 0 Å². The molecule has 0 spiro atoms. The fourth-order valence-corrected chi connectivity index (χ4v) is 2.50. The van der Waals surface area contributed by atoms with E-state index in [-0.39, 0.29) is 12.1 Å². The molecule has 0 rings (SSSR count). The van der Waals surface area contributed by atoms with Crippen LogP contribution in [-0.2, 0) is 9.53 Å². The van der Waals surface area contributed by atoms with Crippen LogP contribution in [0.25, 0.3) is 0 Å². The molecule has 0 saturated carbocycles. The average Bonchev–Trinajstić information content (AvgIpc) is 2.36. The van der Waals surface area contributed by atoms with Crippen molar-refractivity contribution in [2.75, 3.05) is 0 Å². The Balaban J connectivity index is 3.36. The van der Waals surface area contributed by atoms with Crippen molar-refractivity contribution in [2.45, 2.75) is 104 Å². The zero-order valence-corrected chi connectivity index (χ0v) is 13.4. The monoisotopic (exact) mass is 270 g/mol. The molecule has 0 N–H and O–H groups in total. The zero-order chi connectivity index (χ0) is 14.3. The van der Waals surface area contributed by atoms with Crippen LogP contribution in [-0.4, -0.2) is 12.1 Å². The maximum absolute atomic E-state index is 11.0. The maximum atomic E-state index is 11.0. The lowest BCUT2D eigenvalue weighted by Gasteiger charge is -2.15. The Labute approximate surface area is 120 Å². The molecular formula is C17H34O2. The molecule has 0 aliphatic carbocycles. The molecule has 114 valence electrons. The van der Waals surface area contributed by atoms with Crippen molar-refractivity contribution < 1.29 is 9.53 Å². The van der Waals surface area contributed by atoms with Gasteiger partial charge in [0.15, 0.2) is 0 Å². The van der Waals surface area contributed by atoms with Crippen LogP contribution >= 0.6 is 0 Å². The van der Waals surface area contributed by atoms with E-state index >= 15 is 0 Å². The number of ether oxygens (including phenoxy) is 1. The number of unbranched alkanes of at least 4 members (excludes halogenated alkanes) is 8. The van der Waals surface area contributed by atoms with Gasteiger partial charge in [0.05, 0.1) is 0 Å². The quantitative estimate of drug-likeness (QED) is 0.320. The number of esters is 1. The van der Waals surface area contributed by atoms with Crippen LogP contribution in [0, 0.1) is 0 Å². The van der Waals surface area contributed by atoms with Crippen LogP contribution in [0.1, 0.15) is 97.8 Å². The number of hydrogen-bond acceptors (Lipinski definition) is 2. The second-order valence-corrected chi connectivity index (χ2v) is 5.64. The molecule has 0 fully saturated rings. The highest BCUT2D eigenvalue weighted by Crippen LogP contribution is 2.15. The summed E-state index contributed by atoms with van der Waals surface area (Å²) in [5.41, 5.74) is 0. The summed E-state index contributed by atoms with van der Waals surface area (Å²) in [6.07, 6.45) is 15.4. The van der Waals surface area contributed by atoms with Crippen LogP contribution in [0.3, 0.4) is 0 Å². The summed E-state index contributed by atoms with van der Waals surface area (Å²) in [6, 6.07) is 0. The Morgan fingerprint density at radius 3 is 1.79 bits per heavy atom. The van der Waals surface area contributed by atoms with Gasteiger partial charge in [0.2, 0.25) is 0 Å².